The zero-order valence-corrected chi connectivity index (χ0v) is 22.8. The van der Waals surface area contributed by atoms with Crippen molar-refractivity contribution in [1.82, 2.24) is 15.5 Å². The smallest absolute Gasteiger partial charge is 0.408 e. The van der Waals surface area contributed by atoms with Crippen LogP contribution in [-0.2, 0) is 24.5 Å². The number of hydrogen-bond donors (Lipinski definition) is 3. The summed E-state index contributed by atoms with van der Waals surface area (Å²) < 4.78 is 5.30. The Morgan fingerprint density at radius 2 is 1.87 bits per heavy atom. The lowest BCUT2D eigenvalue weighted by Crippen LogP contribution is -2.56. The molecule has 2 saturated carbocycles. The molecule has 0 aromatic heterocycles. The number of ether oxygens (including phenoxy) is 1. The maximum Gasteiger partial charge on any atom is 0.408 e. The summed E-state index contributed by atoms with van der Waals surface area (Å²) in [5, 5.41) is 18.5. The lowest BCUT2D eigenvalue weighted by Gasteiger charge is -2.32. The van der Waals surface area contributed by atoms with Crippen molar-refractivity contribution in [1.29, 1.82) is 5.26 Å². The molecule has 1 aromatic rings. The van der Waals surface area contributed by atoms with E-state index in [4.69, 9.17) is 4.74 Å². The fraction of sp³-hybridized carbons (Fsp3) is 0.621. The van der Waals surface area contributed by atoms with E-state index in [2.05, 4.69) is 22.0 Å². The minimum Gasteiger partial charge on any atom is -0.446 e. The van der Waals surface area contributed by atoms with Crippen LogP contribution in [0.3, 0.4) is 0 Å². The van der Waals surface area contributed by atoms with E-state index in [9.17, 15) is 24.4 Å². The van der Waals surface area contributed by atoms with Crippen LogP contribution in [0.5, 0.6) is 0 Å². The Morgan fingerprint density at radius 3 is 2.51 bits per heavy atom. The largest absolute Gasteiger partial charge is 0.446 e. The number of rotatable bonds is 8. The van der Waals surface area contributed by atoms with Gasteiger partial charge in [0.2, 0.25) is 17.7 Å². The molecule has 2 aliphatic heterocycles. The second-order valence-corrected chi connectivity index (χ2v) is 12.7. The van der Waals surface area contributed by atoms with Crippen LogP contribution in [0.1, 0.15) is 71.3 Å². The number of likely N-dealkylation sites (tertiary alicyclic amines) is 1. The van der Waals surface area contributed by atoms with Gasteiger partial charge in [-0.3, -0.25) is 14.4 Å². The van der Waals surface area contributed by atoms with Crippen molar-refractivity contribution in [2.24, 2.45) is 11.3 Å². The second-order valence-electron chi connectivity index (χ2n) is 12.7. The molecule has 10 heteroatoms. The molecule has 39 heavy (non-hydrogen) atoms. The van der Waals surface area contributed by atoms with E-state index in [1.165, 1.54) is 4.90 Å². The number of carbonyl (C=O) groups excluding carboxylic acids is 4. The molecule has 4 amide bonds. The van der Waals surface area contributed by atoms with Crippen LogP contribution < -0.4 is 16.0 Å². The van der Waals surface area contributed by atoms with Gasteiger partial charge in [-0.2, -0.15) is 5.26 Å². The molecular weight excluding hydrogens is 498 g/mol. The van der Waals surface area contributed by atoms with Gasteiger partial charge in [-0.1, -0.05) is 51.8 Å². The first-order valence-corrected chi connectivity index (χ1v) is 13.9. The molecule has 1 spiro atoms. The summed E-state index contributed by atoms with van der Waals surface area (Å²) in [5.74, 6) is -0.715. The molecule has 0 radical (unpaired) electrons. The lowest BCUT2D eigenvalue weighted by molar-refractivity contribution is -0.138. The van der Waals surface area contributed by atoms with Crippen LogP contribution in [0.4, 0.5) is 10.5 Å². The summed E-state index contributed by atoms with van der Waals surface area (Å²) in [6.45, 7) is 5.97. The standard InChI is InChI=1S/C29H37N5O5/c1-28(2,3)14-23(31-24(35)22(12-17-8-9-17)33-27(38)39-19-10-11-19)25(36)34-16-29(13-18(34)15-30)20-6-4-5-7-21(20)32-26(29)37/h4-7,17-19,22-23H,8-14,16H2,1-3H3,(H,31,35)(H,32,37)(H,33,38)/t18-,22-,23-,29-/m0/s1. The Labute approximate surface area is 228 Å². The molecule has 208 valence electrons. The van der Waals surface area contributed by atoms with Gasteiger partial charge in [-0.25, -0.2) is 4.79 Å². The van der Waals surface area contributed by atoms with Crippen LogP contribution in [0.2, 0.25) is 0 Å². The summed E-state index contributed by atoms with van der Waals surface area (Å²) in [4.78, 5) is 54.5. The van der Waals surface area contributed by atoms with Crippen molar-refractivity contribution in [2.45, 2.75) is 95.4 Å². The Bertz CT molecular complexity index is 1210. The highest BCUT2D eigenvalue weighted by Gasteiger charge is 2.56. The Morgan fingerprint density at radius 1 is 1.15 bits per heavy atom. The zero-order valence-electron chi connectivity index (χ0n) is 22.8. The van der Waals surface area contributed by atoms with Gasteiger partial charge in [0.25, 0.3) is 0 Å². The van der Waals surface area contributed by atoms with Crippen LogP contribution in [0.15, 0.2) is 24.3 Å². The number of nitrogens with one attached hydrogen (secondary N) is 3. The van der Waals surface area contributed by atoms with E-state index in [1.807, 2.05) is 45.0 Å². The van der Waals surface area contributed by atoms with Crippen molar-refractivity contribution in [3.63, 3.8) is 0 Å². The van der Waals surface area contributed by atoms with Crippen LogP contribution in [0, 0.1) is 22.7 Å². The van der Waals surface area contributed by atoms with E-state index >= 15 is 0 Å². The second kappa shape index (κ2) is 10.2. The number of alkyl carbamates (subject to hydrolysis) is 1. The monoisotopic (exact) mass is 535 g/mol. The minimum atomic E-state index is -1.01. The van der Waals surface area contributed by atoms with Crippen molar-refractivity contribution in [2.75, 3.05) is 11.9 Å². The van der Waals surface area contributed by atoms with E-state index in [0.717, 1.165) is 31.2 Å². The Balaban J connectivity index is 1.36. The van der Waals surface area contributed by atoms with Gasteiger partial charge in [0.15, 0.2) is 0 Å². The molecule has 3 N–H and O–H groups in total. The van der Waals surface area contributed by atoms with E-state index in [-0.39, 0.29) is 30.4 Å². The third-order valence-electron chi connectivity index (χ3n) is 8.02. The molecule has 0 bridgehead atoms. The predicted octanol–water partition coefficient (Wildman–Crippen LogP) is 2.98. The third-order valence-corrected chi connectivity index (χ3v) is 8.02. The van der Waals surface area contributed by atoms with Gasteiger partial charge in [0, 0.05) is 18.7 Å². The Hall–Kier alpha value is -3.61. The fourth-order valence-electron chi connectivity index (χ4n) is 5.70. The first-order chi connectivity index (χ1) is 18.5. The van der Waals surface area contributed by atoms with Gasteiger partial charge in [0.1, 0.15) is 24.2 Å². The average molecular weight is 536 g/mol. The number of nitrogens with zero attached hydrogens (tertiary/aromatic N) is 2. The van der Waals surface area contributed by atoms with E-state index in [0.29, 0.717) is 24.4 Å². The SMILES string of the molecule is CC(C)(C)C[C@H](NC(=O)[C@H](CC1CC1)NC(=O)OC1CC1)C(=O)N1C[C@]2(C[C@H]1C#N)C(=O)Nc1ccccc12. The number of amides is 4. The van der Waals surface area contributed by atoms with Gasteiger partial charge in [-0.05, 0) is 48.6 Å². The predicted molar refractivity (Wildman–Crippen MR) is 142 cm³/mol. The highest BCUT2D eigenvalue weighted by atomic mass is 16.6. The summed E-state index contributed by atoms with van der Waals surface area (Å²) in [6.07, 6.45) is 3.93. The highest BCUT2D eigenvalue weighted by Crippen LogP contribution is 2.46. The number of carbonyl (C=O) groups is 4. The van der Waals surface area contributed by atoms with Crippen LogP contribution >= 0.6 is 0 Å². The molecule has 10 nitrogen and oxygen atoms in total. The number of benzene rings is 1. The molecular formula is C29H37N5O5. The maximum atomic E-state index is 14.0. The van der Waals surface area contributed by atoms with E-state index in [1.54, 1.807) is 0 Å². The maximum absolute atomic E-state index is 14.0. The zero-order chi connectivity index (χ0) is 27.9. The number of nitriles is 1. The average Bonchev–Trinajstić information content (AvgIpc) is 3.80. The molecule has 4 atom stereocenters. The van der Waals surface area contributed by atoms with Crippen molar-refractivity contribution < 1.29 is 23.9 Å². The molecule has 0 unspecified atom stereocenters. The van der Waals surface area contributed by atoms with Crippen LogP contribution in [-0.4, -0.2) is 59.5 Å². The molecule has 3 fully saturated rings. The van der Waals surface area contributed by atoms with Gasteiger partial charge >= 0.3 is 6.09 Å². The third kappa shape index (κ3) is 5.87. The molecule has 2 heterocycles. The normalized spacial score (nSPS) is 25.3. The quantitative estimate of drug-likeness (QED) is 0.467. The van der Waals surface area contributed by atoms with Crippen molar-refractivity contribution in [3.05, 3.63) is 29.8 Å². The van der Waals surface area contributed by atoms with Crippen molar-refractivity contribution >= 4 is 29.5 Å². The summed E-state index contributed by atoms with van der Waals surface area (Å²) >= 11 is 0. The number of fused-ring (bicyclic) bond motifs is 2. The minimum absolute atomic E-state index is 0.0564. The molecule has 1 saturated heterocycles. The molecule has 5 rings (SSSR count). The summed E-state index contributed by atoms with van der Waals surface area (Å²) in [7, 11) is 0. The van der Waals surface area contributed by atoms with Gasteiger partial charge in [0.05, 0.1) is 11.5 Å². The van der Waals surface area contributed by atoms with Gasteiger partial charge < -0.3 is 25.6 Å². The summed E-state index contributed by atoms with van der Waals surface area (Å²) in [5.41, 5.74) is 0.144. The lowest BCUT2D eigenvalue weighted by atomic mass is 9.80. The molecule has 1 aromatic carbocycles. The molecule has 2 aliphatic carbocycles. The fourth-order valence-corrected chi connectivity index (χ4v) is 5.70. The summed E-state index contributed by atoms with van der Waals surface area (Å²) in [6, 6.07) is 7.01. The number of anilines is 1. The van der Waals surface area contributed by atoms with Crippen molar-refractivity contribution in [3.8, 4) is 6.07 Å². The Kier molecular flexibility index (Phi) is 7.04. The first kappa shape index (κ1) is 27.0. The van der Waals surface area contributed by atoms with Crippen LogP contribution in [0.25, 0.3) is 0 Å². The molecule has 4 aliphatic rings. The highest BCUT2D eigenvalue weighted by molar-refractivity contribution is 6.07. The van der Waals surface area contributed by atoms with E-state index < -0.39 is 41.4 Å². The topological polar surface area (TPSA) is 141 Å². The first-order valence-electron chi connectivity index (χ1n) is 13.9. The number of para-hydroxylation sites is 1. The van der Waals surface area contributed by atoms with Gasteiger partial charge in [-0.15, -0.1) is 0 Å². The number of hydrogen-bond acceptors (Lipinski definition) is 6.